The van der Waals surface area contributed by atoms with E-state index >= 15 is 0 Å². The van der Waals surface area contributed by atoms with Crippen molar-refractivity contribution in [1.82, 2.24) is 10.2 Å². The molecule has 2 aromatic carbocycles. The Hall–Kier alpha value is -5.13. The van der Waals surface area contributed by atoms with E-state index in [4.69, 9.17) is 13.9 Å². The van der Waals surface area contributed by atoms with E-state index in [-0.39, 0.29) is 41.8 Å². The molecule has 0 atom stereocenters. The van der Waals surface area contributed by atoms with Gasteiger partial charge in [0.25, 0.3) is 11.6 Å². The Labute approximate surface area is 210 Å². The molecular formula is C25H21N3O9. The lowest BCUT2D eigenvalue weighted by molar-refractivity contribution is -0.384. The average molecular weight is 507 g/mol. The zero-order valence-corrected chi connectivity index (χ0v) is 19.8. The first kappa shape index (κ1) is 25.0. The SMILES string of the molecule is COC(=O)c1ccc(CN2C(=O)N/C(=C\c3cccc(OC)c3OCc3cccc([N+](=O)[O-])c3)C2=O)o1. The molecule has 1 N–H and O–H groups in total. The monoisotopic (exact) mass is 507 g/mol. The van der Waals surface area contributed by atoms with Gasteiger partial charge in [-0.1, -0.05) is 24.3 Å². The molecular weight excluding hydrogens is 486 g/mol. The Bertz CT molecular complexity index is 1410. The first-order valence-electron chi connectivity index (χ1n) is 10.9. The number of para-hydroxylation sites is 1. The number of furan rings is 1. The number of carbonyl (C=O) groups excluding carboxylic acids is 3. The van der Waals surface area contributed by atoms with Crippen molar-refractivity contribution < 1.29 is 37.9 Å². The maximum Gasteiger partial charge on any atom is 0.373 e. The fraction of sp³-hybridized carbons (Fsp3) is 0.160. The highest BCUT2D eigenvalue weighted by molar-refractivity contribution is 6.14. The summed E-state index contributed by atoms with van der Waals surface area (Å²) in [6.07, 6.45) is 1.44. The minimum atomic E-state index is -0.681. The molecule has 1 fully saturated rings. The molecule has 0 spiro atoms. The Kier molecular flexibility index (Phi) is 7.19. The lowest BCUT2D eigenvalue weighted by Gasteiger charge is -2.14. The van der Waals surface area contributed by atoms with Crippen LogP contribution in [-0.4, -0.2) is 42.0 Å². The molecule has 0 radical (unpaired) electrons. The fourth-order valence-electron chi connectivity index (χ4n) is 3.58. The number of amides is 3. The summed E-state index contributed by atoms with van der Waals surface area (Å²) in [5.74, 6) is -0.500. The van der Waals surface area contributed by atoms with E-state index in [9.17, 15) is 24.5 Å². The predicted molar refractivity (Wildman–Crippen MR) is 128 cm³/mol. The van der Waals surface area contributed by atoms with Crippen LogP contribution in [0, 0.1) is 10.1 Å². The van der Waals surface area contributed by atoms with Crippen molar-refractivity contribution in [2.24, 2.45) is 0 Å². The van der Waals surface area contributed by atoms with Gasteiger partial charge in [0.05, 0.1) is 25.7 Å². The van der Waals surface area contributed by atoms with E-state index in [1.807, 2.05) is 0 Å². The highest BCUT2D eigenvalue weighted by Gasteiger charge is 2.34. The number of methoxy groups -OCH3 is 2. The highest BCUT2D eigenvalue weighted by atomic mass is 16.6. The molecule has 4 rings (SSSR count). The van der Waals surface area contributed by atoms with Crippen LogP contribution in [0.3, 0.4) is 0 Å². The van der Waals surface area contributed by atoms with Gasteiger partial charge in [-0.3, -0.25) is 19.8 Å². The third-order valence-corrected chi connectivity index (χ3v) is 5.36. The molecule has 12 nitrogen and oxygen atoms in total. The van der Waals surface area contributed by atoms with E-state index in [1.54, 1.807) is 30.3 Å². The summed E-state index contributed by atoms with van der Waals surface area (Å²) in [5.41, 5.74) is 0.900. The number of hydrogen-bond acceptors (Lipinski definition) is 9. The summed E-state index contributed by atoms with van der Waals surface area (Å²) >= 11 is 0. The maximum atomic E-state index is 13.0. The van der Waals surface area contributed by atoms with Gasteiger partial charge in [-0.2, -0.15) is 0 Å². The van der Waals surface area contributed by atoms with E-state index in [0.29, 0.717) is 16.9 Å². The van der Waals surface area contributed by atoms with Crippen LogP contribution >= 0.6 is 0 Å². The van der Waals surface area contributed by atoms with Crippen LogP contribution in [0.2, 0.25) is 0 Å². The second-order valence-corrected chi connectivity index (χ2v) is 7.73. The summed E-state index contributed by atoms with van der Waals surface area (Å²) < 4.78 is 21.2. The quantitative estimate of drug-likeness (QED) is 0.150. The molecule has 1 saturated heterocycles. The summed E-state index contributed by atoms with van der Waals surface area (Å²) in [6.45, 7) is -0.209. The third-order valence-electron chi connectivity index (χ3n) is 5.36. The van der Waals surface area contributed by atoms with Crippen molar-refractivity contribution in [2.45, 2.75) is 13.2 Å². The van der Waals surface area contributed by atoms with Gasteiger partial charge in [-0.15, -0.1) is 0 Å². The highest BCUT2D eigenvalue weighted by Crippen LogP contribution is 2.34. The van der Waals surface area contributed by atoms with Gasteiger partial charge < -0.3 is 23.9 Å². The molecule has 2 heterocycles. The lowest BCUT2D eigenvalue weighted by atomic mass is 10.1. The number of nitrogens with one attached hydrogen (secondary N) is 1. The molecule has 12 heteroatoms. The number of esters is 1. The van der Waals surface area contributed by atoms with Crippen LogP contribution in [0.15, 0.2) is 64.7 Å². The molecule has 3 aromatic rings. The molecule has 1 aliphatic heterocycles. The van der Waals surface area contributed by atoms with Crippen LogP contribution in [0.25, 0.3) is 6.08 Å². The lowest BCUT2D eigenvalue weighted by Crippen LogP contribution is -2.30. The van der Waals surface area contributed by atoms with E-state index in [2.05, 4.69) is 10.1 Å². The summed E-state index contributed by atoms with van der Waals surface area (Å²) in [5, 5.41) is 13.6. The van der Waals surface area contributed by atoms with Crippen molar-refractivity contribution in [3.05, 3.63) is 93.1 Å². The van der Waals surface area contributed by atoms with Crippen LogP contribution in [0.1, 0.15) is 27.4 Å². The van der Waals surface area contributed by atoms with Gasteiger partial charge in [0, 0.05) is 17.7 Å². The van der Waals surface area contributed by atoms with Crippen molar-refractivity contribution >= 4 is 29.7 Å². The third kappa shape index (κ3) is 5.42. The number of benzene rings is 2. The molecule has 190 valence electrons. The molecule has 0 unspecified atom stereocenters. The molecule has 0 bridgehead atoms. The van der Waals surface area contributed by atoms with Gasteiger partial charge >= 0.3 is 12.0 Å². The number of nitro groups is 1. The summed E-state index contributed by atoms with van der Waals surface area (Å²) in [4.78, 5) is 48.5. The van der Waals surface area contributed by atoms with Gasteiger partial charge in [0.15, 0.2) is 11.5 Å². The Morgan fingerprint density at radius 3 is 2.65 bits per heavy atom. The number of ether oxygens (including phenoxy) is 3. The normalized spacial score (nSPS) is 14.0. The predicted octanol–water partition coefficient (Wildman–Crippen LogP) is 3.65. The first-order chi connectivity index (χ1) is 17.8. The van der Waals surface area contributed by atoms with E-state index in [1.165, 1.54) is 44.6 Å². The number of nitrogens with zero attached hydrogens (tertiary/aromatic N) is 2. The van der Waals surface area contributed by atoms with Crippen molar-refractivity contribution in [3.8, 4) is 11.5 Å². The van der Waals surface area contributed by atoms with Gasteiger partial charge in [-0.05, 0) is 29.8 Å². The van der Waals surface area contributed by atoms with Crippen molar-refractivity contribution in [2.75, 3.05) is 14.2 Å². The number of carbonyl (C=O) groups is 3. The first-order valence-corrected chi connectivity index (χ1v) is 10.9. The van der Waals surface area contributed by atoms with Gasteiger partial charge in [-0.25, -0.2) is 9.59 Å². The smallest absolute Gasteiger partial charge is 0.373 e. The molecule has 1 aromatic heterocycles. The van der Waals surface area contributed by atoms with Crippen LogP contribution in [-0.2, 0) is 22.7 Å². The number of imide groups is 1. The van der Waals surface area contributed by atoms with Crippen molar-refractivity contribution in [1.29, 1.82) is 0 Å². The molecule has 37 heavy (non-hydrogen) atoms. The van der Waals surface area contributed by atoms with E-state index < -0.39 is 22.8 Å². The zero-order valence-electron chi connectivity index (χ0n) is 19.8. The number of non-ortho nitro benzene ring substituents is 1. The van der Waals surface area contributed by atoms with Crippen molar-refractivity contribution in [3.63, 3.8) is 0 Å². The molecule has 1 aliphatic rings. The van der Waals surface area contributed by atoms with Crippen LogP contribution in [0.5, 0.6) is 11.5 Å². The van der Waals surface area contributed by atoms with Crippen LogP contribution in [0.4, 0.5) is 10.5 Å². The van der Waals surface area contributed by atoms with E-state index in [0.717, 1.165) is 4.90 Å². The second kappa shape index (κ2) is 10.6. The zero-order chi connectivity index (χ0) is 26.5. The number of hydrogen-bond donors (Lipinski definition) is 1. The molecule has 3 amide bonds. The van der Waals surface area contributed by atoms with Crippen LogP contribution < -0.4 is 14.8 Å². The minimum Gasteiger partial charge on any atom is -0.493 e. The standard InChI is InChI=1S/C25H21N3O9/c1-34-20-8-4-6-16(22(20)36-14-15-5-3-7-17(11-15)28(32)33)12-19-23(29)27(25(31)26-19)13-18-9-10-21(37-18)24(30)35-2/h3-12H,13-14H2,1-2H3,(H,26,31)/b19-12-. The Morgan fingerprint density at radius 2 is 1.92 bits per heavy atom. The summed E-state index contributed by atoms with van der Waals surface area (Å²) in [6, 6.07) is 13.2. The average Bonchev–Trinajstić information content (AvgIpc) is 3.47. The van der Waals surface area contributed by atoms with Gasteiger partial charge in [0.1, 0.15) is 18.1 Å². The summed E-state index contributed by atoms with van der Waals surface area (Å²) in [7, 11) is 2.65. The largest absolute Gasteiger partial charge is 0.493 e. The second-order valence-electron chi connectivity index (χ2n) is 7.73. The molecule has 0 saturated carbocycles. The maximum absolute atomic E-state index is 13.0. The Balaban J connectivity index is 1.56. The minimum absolute atomic E-state index is 0.00826. The number of nitro benzene ring substituents is 1. The number of urea groups is 1. The Morgan fingerprint density at radius 1 is 1.14 bits per heavy atom. The number of rotatable bonds is 9. The fourth-order valence-corrected chi connectivity index (χ4v) is 3.58. The topological polar surface area (TPSA) is 150 Å². The molecule has 0 aliphatic carbocycles. The van der Waals surface area contributed by atoms with Gasteiger partial charge in [0.2, 0.25) is 5.76 Å².